The number of benzene rings is 1. The lowest BCUT2D eigenvalue weighted by molar-refractivity contribution is -0.122. The SMILES string of the molecule is CCc1ccc(-c2noc3c(=O)n(CCC(=O)NC4CCCCCC4)cnc23)cc1. The summed E-state index contributed by atoms with van der Waals surface area (Å²) in [5.41, 5.74) is 2.90. The Labute approximate surface area is 175 Å². The molecule has 0 unspecified atom stereocenters. The van der Waals surface area contributed by atoms with Crippen LogP contribution in [-0.4, -0.2) is 26.7 Å². The summed E-state index contributed by atoms with van der Waals surface area (Å²) in [6, 6.07) is 8.24. The summed E-state index contributed by atoms with van der Waals surface area (Å²) >= 11 is 0. The molecule has 1 fully saturated rings. The minimum Gasteiger partial charge on any atom is -0.353 e. The fraction of sp³-hybridized carbons (Fsp3) is 0.478. The lowest BCUT2D eigenvalue weighted by Crippen LogP contribution is -2.35. The standard InChI is InChI=1S/C23H28N4O3/c1-2-16-9-11-17(12-10-16)20-21-22(30-26-20)23(29)27(15-24-21)14-13-19(28)25-18-7-5-3-4-6-8-18/h9-12,15,18H,2-8,13-14H2,1H3,(H,25,28). The van der Waals surface area contributed by atoms with Crippen LogP contribution in [0.25, 0.3) is 22.4 Å². The number of aromatic nitrogens is 3. The Morgan fingerprint density at radius 1 is 1.17 bits per heavy atom. The summed E-state index contributed by atoms with van der Waals surface area (Å²) in [5.74, 6) is -0.0248. The topological polar surface area (TPSA) is 90.0 Å². The number of rotatable bonds is 6. The summed E-state index contributed by atoms with van der Waals surface area (Å²) in [6.45, 7) is 2.36. The number of carbonyl (C=O) groups excluding carboxylic acids is 1. The second-order valence-corrected chi connectivity index (χ2v) is 8.01. The molecule has 0 bridgehead atoms. The molecule has 158 valence electrons. The fourth-order valence-electron chi connectivity index (χ4n) is 4.05. The number of nitrogens with zero attached hydrogens (tertiary/aromatic N) is 3. The second-order valence-electron chi connectivity index (χ2n) is 8.01. The average Bonchev–Trinajstić information content (AvgIpc) is 3.04. The van der Waals surface area contributed by atoms with Gasteiger partial charge in [-0.3, -0.25) is 14.2 Å². The van der Waals surface area contributed by atoms with Crippen LogP contribution in [0.3, 0.4) is 0 Å². The maximum absolute atomic E-state index is 12.8. The van der Waals surface area contributed by atoms with Gasteiger partial charge in [-0.25, -0.2) is 4.98 Å². The third kappa shape index (κ3) is 4.45. The van der Waals surface area contributed by atoms with E-state index in [1.165, 1.54) is 42.1 Å². The van der Waals surface area contributed by atoms with Crippen molar-refractivity contribution in [1.29, 1.82) is 0 Å². The van der Waals surface area contributed by atoms with Gasteiger partial charge in [-0.15, -0.1) is 0 Å². The lowest BCUT2D eigenvalue weighted by Gasteiger charge is -2.16. The van der Waals surface area contributed by atoms with Crippen molar-refractivity contribution in [3.63, 3.8) is 0 Å². The van der Waals surface area contributed by atoms with Gasteiger partial charge >= 0.3 is 0 Å². The molecule has 1 saturated carbocycles. The number of hydrogen-bond donors (Lipinski definition) is 1. The van der Waals surface area contributed by atoms with E-state index in [-0.39, 0.29) is 36.1 Å². The van der Waals surface area contributed by atoms with Crippen molar-refractivity contribution >= 4 is 17.0 Å². The quantitative estimate of drug-likeness (QED) is 0.626. The van der Waals surface area contributed by atoms with Crippen LogP contribution >= 0.6 is 0 Å². The minimum atomic E-state index is -0.314. The molecule has 7 heteroatoms. The number of amides is 1. The highest BCUT2D eigenvalue weighted by molar-refractivity contribution is 5.87. The minimum absolute atomic E-state index is 0.0248. The molecule has 1 aliphatic carbocycles. The molecule has 1 aromatic carbocycles. The number of carbonyl (C=O) groups is 1. The van der Waals surface area contributed by atoms with Crippen molar-refractivity contribution in [2.45, 2.75) is 70.9 Å². The van der Waals surface area contributed by atoms with Crippen molar-refractivity contribution in [2.24, 2.45) is 0 Å². The van der Waals surface area contributed by atoms with E-state index in [0.717, 1.165) is 24.8 Å². The van der Waals surface area contributed by atoms with Gasteiger partial charge in [-0.2, -0.15) is 0 Å². The van der Waals surface area contributed by atoms with Crippen LogP contribution in [0.2, 0.25) is 0 Å². The molecule has 30 heavy (non-hydrogen) atoms. The van der Waals surface area contributed by atoms with Crippen molar-refractivity contribution in [3.05, 3.63) is 46.5 Å². The first-order valence-electron chi connectivity index (χ1n) is 10.9. The Bertz CT molecular complexity index is 1060. The predicted octanol–water partition coefficient (Wildman–Crippen LogP) is 3.84. The lowest BCUT2D eigenvalue weighted by atomic mass is 10.1. The van der Waals surface area contributed by atoms with Crippen LogP contribution in [0, 0.1) is 0 Å². The molecule has 2 aromatic heterocycles. The number of hydrogen-bond acceptors (Lipinski definition) is 5. The first-order valence-corrected chi connectivity index (χ1v) is 10.9. The van der Waals surface area contributed by atoms with Crippen LogP contribution in [0.15, 0.2) is 39.9 Å². The largest absolute Gasteiger partial charge is 0.353 e. The third-order valence-electron chi connectivity index (χ3n) is 5.88. The van der Waals surface area contributed by atoms with Gasteiger partial charge in [0, 0.05) is 24.6 Å². The average molecular weight is 409 g/mol. The highest BCUT2D eigenvalue weighted by Gasteiger charge is 2.18. The van der Waals surface area contributed by atoms with Crippen LogP contribution in [-0.2, 0) is 17.8 Å². The van der Waals surface area contributed by atoms with E-state index in [1.807, 2.05) is 24.3 Å². The zero-order valence-corrected chi connectivity index (χ0v) is 17.4. The van der Waals surface area contributed by atoms with Gasteiger partial charge in [-0.1, -0.05) is 62.0 Å². The summed E-state index contributed by atoms with van der Waals surface area (Å²) in [4.78, 5) is 29.5. The smallest absolute Gasteiger partial charge is 0.299 e. The van der Waals surface area contributed by atoms with Gasteiger partial charge < -0.3 is 9.84 Å². The molecule has 0 atom stereocenters. The van der Waals surface area contributed by atoms with Gasteiger partial charge in [0.2, 0.25) is 5.91 Å². The Hall–Kier alpha value is -2.96. The summed E-state index contributed by atoms with van der Waals surface area (Å²) < 4.78 is 6.75. The molecule has 4 rings (SSSR count). The van der Waals surface area contributed by atoms with E-state index in [2.05, 4.69) is 22.4 Å². The zero-order valence-electron chi connectivity index (χ0n) is 17.4. The van der Waals surface area contributed by atoms with Crippen molar-refractivity contribution < 1.29 is 9.32 Å². The molecular formula is C23H28N4O3. The Kier molecular flexibility index (Phi) is 6.26. The van der Waals surface area contributed by atoms with Gasteiger partial charge in [0.05, 0.1) is 6.33 Å². The third-order valence-corrected chi connectivity index (χ3v) is 5.88. The van der Waals surface area contributed by atoms with E-state index in [0.29, 0.717) is 11.2 Å². The monoisotopic (exact) mass is 408 g/mol. The molecule has 0 saturated heterocycles. The van der Waals surface area contributed by atoms with Gasteiger partial charge in [0.1, 0.15) is 11.2 Å². The molecule has 2 heterocycles. The first kappa shape index (κ1) is 20.3. The molecule has 1 aliphatic rings. The highest BCUT2D eigenvalue weighted by atomic mass is 16.5. The second kappa shape index (κ2) is 9.24. The molecule has 1 amide bonds. The molecule has 0 radical (unpaired) electrons. The molecular weight excluding hydrogens is 380 g/mol. The summed E-state index contributed by atoms with van der Waals surface area (Å²) in [6.07, 6.45) is 9.58. The van der Waals surface area contributed by atoms with Crippen LogP contribution in [0.4, 0.5) is 0 Å². The maximum atomic E-state index is 12.8. The summed E-state index contributed by atoms with van der Waals surface area (Å²) in [5, 5.41) is 7.18. The van der Waals surface area contributed by atoms with Crippen LogP contribution < -0.4 is 10.9 Å². The van der Waals surface area contributed by atoms with Crippen molar-refractivity contribution in [2.75, 3.05) is 0 Å². The Morgan fingerprint density at radius 3 is 2.60 bits per heavy atom. The Morgan fingerprint density at radius 2 is 1.90 bits per heavy atom. The highest BCUT2D eigenvalue weighted by Crippen LogP contribution is 2.25. The van der Waals surface area contributed by atoms with Crippen molar-refractivity contribution in [1.82, 2.24) is 20.0 Å². The van der Waals surface area contributed by atoms with Crippen LogP contribution in [0.5, 0.6) is 0 Å². The molecule has 1 N–H and O–H groups in total. The van der Waals surface area contributed by atoms with Crippen molar-refractivity contribution in [3.8, 4) is 11.3 Å². The molecule has 7 nitrogen and oxygen atoms in total. The van der Waals surface area contributed by atoms with Gasteiger partial charge in [0.25, 0.3) is 11.1 Å². The molecule has 0 spiro atoms. The van der Waals surface area contributed by atoms with E-state index in [4.69, 9.17) is 4.52 Å². The zero-order chi connectivity index (χ0) is 20.9. The van der Waals surface area contributed by atoms with E-state index in [9.17, 15) is 9.59 Å². The Balaban J connectivity index is 1.46. The predicted molar refractivity (Wildman–Crippen MR) is 115 cm³/mol. The van der Waals surface area contributed by atoms with Gasteiger partial charge in [-0.05, 0) is 24.8 Å². The van der Waals surface area contributed by atoms with Gasteiger partial charge in [0.15, 0.2) is 0 Å². The van der Waals surface area contributed by atoms with E-state index in [1.54, 1.807) is 0 Å². The molecule has 3 aromatic rings. The van der Waals surface area contributed by atoms with E-state index < -0.39 is 0 Å². The number of aryl methyl sites for hydroxylation is 2. The normalized spacial score (nSPS) is 15.2. The van der Waals surface area contributed by atoms with Crippen LogP contribution in [0.1, 0.15) is 57.4 Å². The maximum Gasteiger partial charge on any atom is 0.299 e. The molecule has 0 aliphatic heterocycles. The summed E-state index contributed by atoms with van der Waals surface area (Å²) in [7, 11) is 0. The number of fused-ring (bicyclic) bond motifs is 1. The first-order chi connectivity index (χ1) is 14.7. The number of nitrogens with one attached hydrogen (secondary N) is 1. The fourth-order valence-corrected chi connectivity index (χ4v) is 4.05. The van der Waals surface area contributed by atoms with E-state index >= 15 is 0 Å².